The molecule has 0 spiro atoms. The van der Waals surface area contributed by atoms with Crippen LogP contribution in [-0.2, 0) is 4.79 Å². The summed E-state index contributed by atoms with van der Waals surface area (Å²) in [5.41, 5.74) is 0.752. The molecule has 2 rings (SSSR count). The van der Waals surface area contributed by atoms with Crippen molar-refractivity contribution >= 4 is 5.91 Å². The second-order valence-electron chi connectivity index (χ2n) is 5.07. The summed E-state index contributed by atoms with van der Waals surface area (Å²) in [7, 11) is 0. The molecule has 0 radical (unpaired) electrons. The predicted octanol–water partition coefficient (Wildman–Crippen LogP) is 2.51. The van der Waals surface area contributed by atoms with Gasteiger partial charge in [0, 0.05) is 19.5 Å². The molecule has 1 aliphatic rings. The van der Waals surface area contributed by atoms with Crippen LogP contribution < -0.4 is 0 Å². The number of benzene rings is 1. The summed E-state index contributed by atoms with van der Waals surface area (Å²) in [6.07, 6.45) is 1.55. The van der Waals surface area contributed by atoms with Gasteiger partial charge >= 0.3 is 0 Å². The number of likely N-dealkylation sites (tertiary alicyclic amines) is 1. The number of hydrogen-bond acceptors (Lipinski definition) is 2. The summed E-state index contributed by atoms with van der Waals surface area (Å²) < 4.78 is 12.8. The molecule has 1 heterocycles. The van der Waals surface area contributed by atoms with Gasteiger partial charge in [0.05, 0.1) is 6.10 Å². The van der Waals surface area contributed by atoms with Gasteiger partial charge in [-0.15, -0.1) is 0 Å². The molecule has 1 unspecified atom stereocenters. The topological polar surface area (TPSA) is 40.5 Å². The standard InChI is InChI=1S/C15H20FNO2/c1-2-14(18)17-9-7-12(8-10-17)15(19)11-3-5-13(16)6-4-11/h3-6,12,15,19H,2,7-10H2,1H3. The normalized spacial score (nSPS) is 18.4. The average Bonchev–Trinajstić information content (AvgIpc) is 2.46. The van der Waals surface area contributed by atoms with Crippen LogP contribution in [0.1, 0.15) is 37.9 Å². The molecule has 1 aromatic carbocycles. The third-order valence-corrected chi connectivity index (χ3v) is 3.85. The van der Waals surface area contributed by atoms with E-state index in [2.05, 4.69) is 0 Å². The summed E-state index contributed by atoms with van der Waals surface area (Å²) in [5.74, 6) is 0.0281. The highest BCUT2D eigenvalue weighted by Crippen LogP contribution is 2.30. The van der Waals surface area contributed by atoms with Gasteiger partial charge in [-0.05, 0) is 36.5 Å². The largest absolute Gasteiger partial charge is 0.388 e. The Kier molecular flexibility index (Phi) is 4.53. The second-order valence-corrected chi connectivity index (χ2v) is 5.07. The smallest absolute Gasteiger partial charge is 0.222 e. The Labute approximate surface area is 113 Å². The van der Waals surface area contributed by atoms with E-state index in [0.717, 1.165) is 18.4 Å². The summed E-state index contributed by atoms with van der Waals surface area (Å²) in [6, 6.07) is 6.00. The number of carbonyl (C=O) groups is 1. The van der Waals surface area contributed by atoms with Crippen LogP contribution in [0.15, 0.2) is 24.3 Å². The monoisotopic (exact) mass is 265 g/mol. The fraction of sp³-hybridized carbons (Fsp3) is 0.533. The van der Waals surface area contributed by atoms with Crippen molar-refractivity contribution in [2.75, 3.05) is 13.1 Å². The Morgan fingerprint density at radius 2 is 1.95 bits per heavy atom. The Morgan fingerprint density at radius 1 is 1.37 bits per heavy atom. The van der Waals surface area contributed by atoms with Gasteiger partial charge in [0.25, 0.3) is 0 Å². The lowest BCUT2D eigenvalue weighted by molar-refractivity contribution is -0.132. The second kappa shape index (κ2) is 6.15. The highest BCUT2D eigenvalue weighted by Gasteiger charge is 2.27. The first-order valence-corrected chi connectivity index (χ1v) is 6.83. The Morgan fingerprint density at radius 3 is 2.47 bits per heavy atom. The highest BCUT2D eigenvalue weighted by atomic mass is 19.1. The summed E-state index contributed by atoms with van der Waals surface area (Å²) in [5, 5.41) is 10.3. The van der Waals surface area contributed by atoms with E-state index in [1.807, 2.05) is 11.8 Å². The molecule has 19 heavy (non-hydrogen) atoms. The van der Waals surface area contributed by atoms with Crippen LogP contribution in [0.3, 0.4) is 0 Å². The van der Waals surface area contributed by atoms with E-state index >= 15 is 0 Å². The van der Waals surface area contributed by atoms with E-state index < -0.39 is 6.10 Å². The minimum Gasteiger partial charge on any atom is -0.388 e. The van der Waals surface area contributed by atoms with Crippen molar-refractivity contribution < 1.29 is 14.3 Å². The third-order valence-electron chi connectivity index (χ3n) is 3.85. The quantitative estimate of drug-likeness (QED) is 0.912. The molecule has 0 saturated carbocycles. The van der Waals surface area contributed by atoms with E-state index in [9.17, 15) is 14.3 Å². The maximum absolute atomic E-state index is 12.8. The molecule has 4 heteroatoms. The maximum atomic E-state index is 12.8. The van der Waals surface area contributed by atoms with Crippen LogP contribution in [0.4, 0.5) is 4.39 Å². The minimum atomic E-state index is -0.570. The summed E-state index contributed by atoms with van der Waals surface area (Å²) in [6.45, 7) is 3.27. The zero-order chi connectivity index (χ0) is 13.8. The van der Waals surface area contributed by atoms with Gasteiger partial charge in [-0.25, -0.2) is 4.39 Å². The lowest BCUT2D eigenvalue weighted by atomic mass is 9.87. The Bertz CT molecular complexity index is 424. The molecule has 0 bridgehead atoms. The highest BCUT2D eigenvalue weighted by molar-refractivity contribution is 5.75. The summed E-state index contributed by atoms with van der Waals surface area (Å²) >= 11 is 0. The van der Waals surface area contributed by atoms with Crippen LogP contribution in [0.5, 0.6) is 0 Å². The van der Waals surface area contributed by atoms with Gasteiger partial charge in [0.2, 0.25) is 5.91 Å². The van der Waals surface area contributed by atoms with E-state index in [1.165, 1.54) is 12.1 Å². The molecule has 0 aromatic heterocycles. The number of aliphatic hydroxyl groups excluding tert-OH is 1. The molecule has 1 atom stereocenters. The molecule has 104 valence electrons. The van der Waals surface area contributed by atoms with Crippen molar-refractivity contribution in [3.05, 3.63) is 35.6 Å². The first-order valence-electron chi connectivity index (χ1n) is 6.83. The van der Waals surface area contributed by atoms with Crippen molar-refractivity contribution in [2.24, 2.45) is 5.92 Å². The van der Waals surface area contributed by atoms with Gasteiger partial charge in [0.1, 0.15) is 5.82 Å². The molecular formula is C15H20FNO2. The fourth-order valence-corrected chi connectivity index (χ4v) is 2.62. The molecule has 1 amide bonds. The van der Waals surface area contributed by atoms with Gasteiger partial charge < -0.3 is 10.0 Å². The minimum absolute atomic E-state index is 0.145. The van der Waals surface area contributed by atoms with Crippen LogP contribution in [0, 0.1) is 11.7 Å². The van der Waals surface area contributed by atoms with Crippen molar-refractivity contribution in [3.8, 4) is 0 Å². The SMILES string of the molecule is CCC(=O)N1CCC(C(O)c2ccc(F)cc2)CC1. The van der Waals surface area contributed by atoms with Gasteiger partial charge in [-0.2, -0.15) is 0 Å². The number of amides is 1. The van der Waals surface area contributed by atoms with Crippen LogP contribution in [0.2, 0.25) is 0 Å². The third kappa shape index (κ3) is 3.32. The molecule has 1 fully saturated rings. The van der Waals surface area contributed by atoms with E-state index in [4.69, 9.17) is 0 Å². The number of hydrogen-bond donors (Lipinski definition) is 1. The number of halogens is 1. The lowest BCUT2D eigenvalue weighted by Gasteiger charge is -2.34. The Balaban J connectivity index is 1.94. The number of rotatable bonds is 3. The molecule has 1 saturated heterocycles. The van der Waals surface area contributed by atoms with Crippen molar-refractivity contribution in [1.29, 1.82) is 0 Å². The molecule has 0 aliphatic carbocycles. The zero-order valence-corrected chi connectivity index (χ0v) is 11.2. The molecule has 3 nitrogen and oxygen atoms in total. The van der Waals surface area contributed by atoms with E-state index in [0.29, 0.717) is 19.5 Å². The molecule has 1 N–H and O–H groups in total. The predicted molar refractivity (Wildman–Crippen MR) is 71.0 cm³/mol. The van der Waals surface area contributed by atoms with Crippen LogP contribution >= 0.6 is 0 Å². The average molecular weight is 265 g/mol. The first-order chi connectivity index (χ1) is 9.11. The number of piperidine rings is 1. The van der Waals surface area contributed by atoms with Crippen molar-refractivity contribution in [2.45, 2.75) is 32.3 Å². The van der Waals surface area contributed by atoms with E-state index in [1.54, 1.807) is 12.1 Å². The van der Waals surface area contributed by atoms with Gasteiger partial charge in [-0.1, -0.05) is 19.1 Å². The first kappa shape index (κ1) is 14.0. The Hall–Kier alpha value is -1.42. The van der Waals surface area contributed by atoms with Crippen molar-refractivity contribution in [1.82, 2.24) is 4.90 Å². The van der Waals surface area contributed by atoms with Gasteiger partial charge in [0.15, 0.2) is 0 Å². The number of aliphatic hydroxyl groups is 1. The van der Waals surface area contributed by atoms with E-state index in [-0.39, 0.29) is 17.6 Å². The molecule has 1 aliphatic heterocycles. The zero-order valence-electron chi connectivity index (χ0n) is 11.2. The summed E-state index contributed by atoms with van der Waals surface area (Å²) in [4.78, 5) is 13.4. The lowest BCUT2D eigenvalue weighted by Crippen LogP contribution is -2.39. The number of carbonyl (C=O) groups excluding carboxylic acids is 1. The van der Waals surface area contributed by atoms with Gasteiger partial charge in [-0.3, -0.25) is 4.79 Å². The van der Waals surface area contributed by atoms with Crippen molar-refractivity contribution in [3.63, 3.8) is 0 Å². The fourth-order valence-electron chi connectivity index (χ4n) is 2.62. The number of nitrogens with zero attached hydrogens (tertiary/aromatic N) is 1. The molecule has 1 aromatic rings. The molecular weight excluding hydrogens is 245 g/mol. The van der Waals surface area contributed by atoms with Crippen LogP contribution in [-0.4, -0.2) is 29.0 Å². The maximum Gasteiger partial charge on any atom is 0.222 e. The van der Waals surface area contributed by atoms with Crippen LogP contribution in [0.25, 0.3) is 0 Å².